The van der Waals surface area contributed by atoms with Gasteiger partial charge in [-0.3, -0.25) is 0 Å². The Morgan fingerprint density at radius 3 is 2.31 bits per heavy atom. The van der Waals surface area contributed by atoms with Gasteiger partial charge < -0.3 is 34.3 Å². The third-order valence-electron chi connectivity index (χ3n) is 4.70. The first-order valence-corrected chi connectivity index (χ1v) is 8.91. The quantitative estimate of drug-likeness (QED) is 0.621. The van der Waals surface area contributed by atoms with Crippen molar-refractivity contribution in [2.45, 2.75) is 6.29 Å². The highest BCUT2D eigenvalue weighted by molar-refractivity contribution is 5.88. The monoisotopic (exact) mass is 396 g/mol. The van der Waals surface area contributed by atoms with Gasteiger partial charge in [0.25, 0.3) is 0 Å². The van der Waals surface area contributed by atoms with Gasteiger partial charge in [0, 0.05) is 5.56 Å². The number of hydrogen-bond donors (Lipinski definition) is 3. The molecule has 0 saturated heterocycles. The number of aromatic hydroxyl groups is 2. The predicted octanol–water partition coefficient (Wildman–Crippen LogP) is 3.54. The minimum absolute atomic E-state index is 0.0517. The fourth-order valence-electron chi connectivity index (χ4n) is 3.35. The molecule has 0 radical (unpaired) electrons. The van der Waals surface area contributed by atoms with E-state index >= 15 is 0 Å². The molecule has 7 heteroatoms. The molecule has 29 heavy (non-hydrogen) atoms. The van der Waals surface area contributed by atoms with Crippen LogP contribution in [0.3, 0.4) is 0 Å². The number of aliphatic hydroxyl groups excluding tert-OH is 1. The minimum Gasteiger partial charge on any atom is -0.508 e. The van der Waals surface area contributed by atoms with E-state index in [0.29, 0.717) is 33.9 Å². The molecule has 0 saturated carbocycles. The van der Waals surface area contributed by atoms with Gasteiger partial charge in [-0.1, -0.05) is 18.2 Å². The average Bonchev–Trinajstić information content (AvgIpc) is 2.73. The molecule has 1 aliphatic rings. The molecule has 0 spiro atoms. The first kappa shape index (κ1) is 18.8. The summed E-state index contributed by atoms with van der Waals surface area (Å²) in [6, 6.07) is 13.4. The second-order valence-electron chi connectivity index (χ2n) is 6.48. The maximum absolute atomic E-state index is 11.0. The van der Waals surface area contributed by atoms with E-state index in [0.717, 1.165) is 5.56 Å². The molecule has 1 aliphatic heterocycles. The van der Waals surface area contributed by atoms with Crippen LogP contribution in [0.15, 0.2) is 48.5 Å². The Kier molecular flexibility index (Phi) is 4.82. The van der Waals surface area contributed by atoms with Crippen LogP contribution < -0.4 is 18.9 Å². The van der Waals surface area contributed by atoms with Gasteiger partial charge in [0.15, 0.2) is 29.6 Å². The van der Waals surface area contributed by atoms with Crippen LogP contribution in [0.25, 0.3) is 22.3 Å². The average molecular weight is 396 g/mol. The van der Waals surface area contributed by atoms with Crippen LogP contribution in [-0.4, -0.2) is 42.4 Å². The topological polar surface area (TPSA) is 97.6 Å². The maximum Gasteiger partial charge on any atom is 0.232 e. The van der Waals surface area contributed by atoms with Crippen molar-refractivity contribution in [3.63, 3.8) is 0 Å². The number of phenols is 2. The molecular weight excluding hydrogens is 376 g/mol. The van der Waals surface area contributed by atoms with Gasteiger partial charge in [-0.15, -0.1) is 0 Å². The van der Waals surface area contributed by atoms with Crippen molar-refractivity contribution in [2.24, 2.45) is 0 Å². The molecule has 0 amide bonds. The van der Waals surface area contributed by atoms with Crippen LogP contribution >= 0.6 is 0 Å². The lowest BCUT2D eigenvalue weighted by Gasteiger charge is -2.24. The number of ether oxygens (including phenoxy) is 4. The van der Waals surface area contributed by atoms with Crippen LogP contribution in [0.2, 0.25) is 0 Å². The summed E-state index contributed by atoms with van der Waals surface area (Å²) in [6.45, 7) is 0.0517. The van der Waals surface area contributed by atoms with Crippen molar-refractivity contribution >= 4 is 0 Å². The molecule has 0 aliphatic carbocycles. The van der Waals surface area contributed by atoms with Gasteiger partial charge >= 0.3 is 0 Å². The molecule has 150 valence electrons. The first-order valence-electron chi connectivity index (χ1n) is 8.91. The fourth-order valence-corrected chi connectivity index (χ4v) is 3.35. The third-order valence-corrected chi connectivity index (χ3v) is 4.70. The zero-order valence-corrected chi connectivity index (χ0v) is 15.9. The lowest BCUT2D eigenvalue weighted by Crippen LogP contribution is -2.28. The zero-order valence-electron chi connectivity index (χ0n) is 15.9. The normalized spacial score (nSPS) is 15.1. The van der Waals surface area contributed by atoms with Crippen LogP contribution in [0.5, 0.6) is 34.5 Å². The van der Waals surface area contributed by atoms with Gasteiger partial charge in [-0.2, -0.15) is 0 Å². The summed E-state index contributed by atoms with van der Waals surface area (Å²) in [7, 11) is 2.97. The number of methoxy groups -OCH3 is 2. The second-order valence-corrected chi connectivity index (χ2v) is 6.48. The summed E-state index contributed by atoms with van der Waals surface area (Å²) in [4.78, 5) is 0. The zero-order chi connectivity index (χ0) is 20.5. The standard InChI is InChI=1S/C22H20O7/c1-26-18-10-15(12-3-6-14(23)7-4-12)22(27-2)21(25)20(18)13-5-8-16-17(9-13)29-19(24)11-28-16/h3-10,19,23-25H,11H2,1-2H3. The van der Waals surface area contributed by atoms with Crippen molar-refractivity contribution in [1.29, 1.82) is 0 Å². The Morgan fingerprint density at radius 1 is 0.897 bits per heavy atom. The van der Waals surface area contributed by atoms with Gasteiger partial charge in [0.05, 0.1) is 19.8 Å². The number of fused-ring (bicyclic) bond motifs is 1. The second kappa shape index (κ2) is 7.44. The van der Waals surface area contributed by atoms with Crippen LogP contribution in [0, 0.1) is 0 Å². The van der Waals surface area contributed by atoms with Crippen LogP contribution in [0.1, 0.15) is 0 Å². The van der Waals surface area contributed by atoms with Crippen LogP contribution in [0.4, 0.5) is 0 Å². The molecule has 3 aromatic rings. The van der Waals surface area contributed by atoms with E-state index in [2.05, 4.69) is 0 Å². The number of phenolic OH excluding ortho intramolecular Hbond substituents is 2. The van der Waals surface area contributed by atoms with E-state index in [9.17, 15) is 15.3 Å². The van der Waals surface area contributed by atoms with Crippen LogP contribution in [-0.2, 0) is 0 Å². The van der Waals surface area contributed by atoms with E-state index in [1.807, 2.05) is 0 Å². The molecule has 0 bridgehead atoms. The summed E-state index contributed by atoms with van der Waals surface area (Å²) in [5.41, 5.74) is 2.37. The summed E-state index contributed by atoms with van der Waals surface area (Å²) in [6.07, 6.45) is -1.06. The van der Waals surface area contributed by atoms with Crippen molar-refractivity contribution in [3.05, 3.63) is 48.5 Å². The van der Waals surface area contributed by atoms with Crippen molar-refractivity contribution in [3.8, 4) is 56.8 Å². The molecule has 7 nitrogen and oxygen atoms in total. The summed E-state index contributed by atoms with van der Waals surface area (Å²) in [5.74, 6) is 1.59. The molecule has 3 aromatic carbocycles. The first-order chi connectivity index (χ1) is 14.0. The fraction of sp³-hybridized carbons (Fsp3) is 0.182. The number of aliphatic hydroxyl groups is 1. The molecule has 4 rings (SSSR count). The highest BCUT2D eigenvalue weighted by Crippen LogP contribution is 2.50. The van der Waals surface area contributed by atoms with E-state index < -0.39 is 6.29 Å². The van der Waals surface area contributed by atoms with E-state index in [-0.39, 0.29) is 23.9 Å². The molecule has 3 N–H and O–H groups in total. The summed E-state index contributed by atoms with van der Waals surface area (Å²) < 4.78 is 21.9. The van der Waals surface area contributed by atoms with Crippen molar-refractivity contribution < 1.29 is 34.3 Å². The van der Waals surface area contributed by atoms with Crippen molar-refractivity contribution in [1.82, 2.24) is 0 Å². The lowest BCUT2D eigenvalue weighted by atomic mass is 9.96. The molecule has 1 atom stereocenters. The highest BCUT2D eigenvalue weighted by atomic mass is 16.7. The smallest absolute Gasteiger partial charge is 0.232 e. The van der Waals surface area contributed by atoms with Gasteiger partial charge in [0.1, 0.15) is 11.5 Å². The van der Waals surface area contributed by atoms with Gasteiger partial charge in [-0.05, 0) is 41.5 Å². The van der Waals surface area contributed by atoms with E-state index in [1.54, 1.807) is 48.5 Å². The molecule has 0 aromatic heterocycles. The minimum atomic E-state index is -1.06. The predicted molar refractivity (Wildman–Crippen MR) is 106 cm³/mol. The third kappa shape index (κ3) is 3.36. The largest absolute Gasteiger partial charge is 0.508 e. The molecule has 1 heterocycles. The number of hydrogen-bond acceptors (Lipinski definition) is 7. The summed E-state index contributed by atoms with van der Waals surface area (Å²) >= 11 is 0. The molecule has 0 fully saturated rings. The molecular formula is C22H20O7. The highest BCUT2D eigenvalue weighted by Gasteiger charge is 2.24. The Balaban J connectivity index is 1.88. The lowest BCUT2D eigenvalue weighted by molar-refractivity contribution is -0.0669. The number of benzene rings is 3. The Morgan fingerprint density at radius 2 is 1.62 bits per heavy atom. The Bertz CT molecular complexity index is 1040. The summed E-state index contributed by atoms with van der Waals surface area (Å²) in [5, 5.41) is 30.3. The van der Waals surface area contributed by atoms with Gasteiger partial charge in [-0.25, -0.2) is 0 Å². The Hall–Kier alpha value is -3.58. The van der Waals surface area contributed by atoms with Gasteiger partial charge in [0.2, 0.25) is 6.29 Å². The SMILES string of the molecule is COc1cc(-c2ccc(O)cc2)c(OC)c(O)c1-c1ccc2c(c1)OC(O)CO2. The Labute approximate surface area is 167 Å². The van der Waals surface area contributed by atoms with E-state index in [1.165, 1.54) is 14.2 Å². The maximum atomic E-state index is 11.0. The number of rotatable bonds is 4. The van der Waals surface area contributed by atoms with Crippen molar-refractivity contribution in [2.75, 3.05) is 20.8 Å². The van der Waals surface area contributed by atoms with E-state index in [4.69, 9.17) is 18.9 Å². The molecule has 1 unspecified atom stereocenters.